The van der Waals surface area contributed by atoms with Gasteiger partial charge in [0.2, 0.25) is 0 Å². The minimum Gasteiger partial charge on any atom is -0.387 e. The predicted molar refractivity (Wildman–Crippen MR) is 93.5 cm³/mol. The molecule has 118 valence electrons. The monoisotopic (exact) mass is 326 g/mol. The lowest BCUT2D eigenvalue weighted by Gasteiger charge is -2.15. The van der Waals surface area contributed by atoms with Crippen molar-refractivity contribution in [2.24, 2.45) is 0 Å². The summed E-state index contributed by atoms with van der Waals surface area (Å²) >= 11 is 1.60. The number of thiophene rings is 1. The molecule has 3 aromatic rings. The van der Waals surface area contributed by atoms with E-state index in [2.05, 4.69) is 10.6 Å². The van der Waals surface area contributed by atoms with Gasteiger partial charge < -0.3 is 15.7 Å². The Hall–Kier alpha value is -2.37. The first-order valence-electron chi connectivity index (χ1n) is 7.44. The van der Waals surface area contributed by atoms with Gasteiger partial charge in [-0.05, 0) is 27.8 Å². The van der Waals surface area contributed by atoms with Crippen LogP contribution in [-0.2, 0) is 6.54 Å². The lowest BCUT2D eigenvalue weighted by molar-refractivity contribution is 0.174. The summed E-state index contributed by atoms with van der Waals surface area (Å²) in [5, 5.41) is 19.9. The van der Waals surface area contributed by atoms with Crippen molar-refractivity contribution in [2.45, 2.75) is 12.6 Å². The number of nitrogens with one attached hydrogen (secondary N) is 2. The number of benzene rings is 2. The van der Waals surface area contributed by atoms with E-state index in [1.54, 1.807) is 11.3 Å². The van der Waals surface area contributed by atoms with Crippen LogP contribution in [0.4, 0.5) is 4.79 Å². The quantitative estimate of drug-likeness (QED) is 0.672. The predicted octanol–water partition coefficient (Wildman–Crippen LogP) is 3.43. The van der Waals surface area contributed by atoms with Gasteiger partial charge in [0.25, 0.3) is 0 Å². The van der Waals surface area contributed by atoms with E-state index in [1.165, 1.54) is 0 Å². The van der Waals surface area contributed by atoms with E-state index in [0.29, 0.717) is 6.54 Å². The van der Waals surface area contributed by atoms with Crippen molar-refractivity contribution in [3.05, 3.63) is 70.4 Å². The number of carbonyl (C=O) groups excluding carboxylic acids is 1. The van der Waals surface area contributed by atoms with Crippen molar-refractivity contribution in [1.82, 2.24) is 10.6 Å². The van der Waals surface area contributed by atoms with Crippen LogP contribution in [0.3, 0.4) is 0 Å². The van der Waals surface area contributed by atoms with E-state index in [1.807, 2.05) is 60.0 Å². The van der Waals surface area contributed by atoms with Crippen molar-refractivity contribution in [1.29, 1.82) is 0 Å². The zero-order chi connectivity index (χ0) is 16.1. The number of carbonyl (C=O) groups is 1. The van der Waals surface area contributed by atoms with Crippen LogP contribution in [0.5, 0.6) is 0 Å². The summed E-state index contributed by atoms with van der Waals surface area (Å²) in [4.78, 5) is 12.9. The third-order valence-electron chi connectivity index (χ3n) is 3.64. The van der Waals surface area contributed by atoms with E-state index in [9.17, 15) is 9.90 Å². The zero-order valence-corrected chi connectivity index (χ0v) is 13.3. The van der Waals surface area contributed by atoms with Crippen LogP contribution in [-0.4, -0.2) is 17.7 Å². The lowest BCUT2D eigenvalue weighted by Crippen LogP contribution is -2.37. The van der Waals surface area contributed by atoms with Gasteiger partial charge in [0.1, 0.15) is 0 Å². The van der Waals surface area contributed by atoms with Gasteiger partial charge in [0, 0.05) is 11.4 Å². The molecule has 4 nitrogen and oxygen atoms in total. The molecule has 0 aliphatic carbocycles. The Morgan fingerprint density at radius 1 is 1.04 bits per heavy atom. The average molecular weight is 326 g/mol. The number of amides is 2. The molecule has 2 amide bonds. The van der Waals surface area contributed by atoms with Gasteiger partial charge in [0.15, 0.2) is 0 Å². The van der Waals surface area contributed by atoms with E-state index in [0.717, 1.165) is 21.2 Å². The second-order valence-electron chi connectivity index (χ2n) is 5.23. The smallest absolute Gasteiger partial charge is 0.315 e. The second kappa shape index (κ2) is 7.26. The second-order valence-corrected chi connectivity index (χ2v) is 6.26. The average Bonchev–Trinajstić information content (AvgIpc) is 3.11. The maximum atomic E-state index is 11.8. The number of hydrogen-bond acceptors (Lipinski definition) is 3. The van der Waals surface area contributed by atoms with E-state index in [4.69, 9.17) is 0 Å². The van der Waals surface area contributed by atoms with Gasteiger partial charge in [-0.1, -0.05) is 48.5 Å². The molecule has 1 heterocycles. The largest absolute Gasteiger partial charge is 0.387 e. The third kappa shape index (κ3) is 3.88. The summed E-state index contributed by atoms with van der Waals surface area (Å²) in [5.74, 6) is 0. The molecular formula is C18H18N2O2S. The molecule has 0 aliphatic rings. The van der Waals surface area contributed by atoms with Crippen molar-refractivity contribution in [3.8, 4) is 0 Å². The number of rotatable bonds is 5. The minimum atomic E-state index is -0.742. The Balaban J connectivity index is 1.58. The van der Waals surface area contributed by atoms with Crippen molar-refractivity contribution in [3.63, 3.8) is 0 Å². The molecule has 3 rings (SSSR count). The summed E-state index contributed by atoms with van der Waals surface area (Å²) in [6.45, 7) is 0.665. The van der Waals surface area contributed by atoms with Crippen LogP contribution in [0.1, 0.15) is 16.5 Å². The Kier molecular flexibility index (Phi) is 4.90. The fourth-order valence-corrected chi connectivity index (χ4v) is 3.13. The number of aliphatic hydroxyl groups is 1. The normalized spacial score (nSPS) is 12.0. The summed E-state index contributed by atoms with van der Waals surface area (Å²) < 4.78 is 0. The van der Waals surface area contributed by atoms with Crippen LogP contribution in [0, 0.1) is 0 Å². The summed E-state index contributed by atoms with van der Waals surface area (Å²) in [6.07, 6.45) is -0.742. The number of urea groups is 1. The number of hydrogen-bond donors (Lipinski definition) is 3. The van der Waals surface area contributed by atoms with Crippen LogP contribution in [0.25, 0.3) is 10.8 Å². The van der Waals surface area contributed by atoms with Crippen LogP contribution < -0.4 is 10.6 Å². The van der Waals surface area contributed by atoms with Gasteiger partial charge in [-0.2, -0.15) is 0 Å². The molecule has 0 saturated heterocycles. The lowest BCUT2D eigenvalue weighted by atomic mass is 10.0. The first kappa shape index (κ1) is 15.5. The number of aliphatic hydroxyl groups excluding tert-OH is 1. The highest BCUT2D eigenvalue weighted by atomic mass is 32.1. The van der Waals surface area contributed by atoms with Crippen molar-refractivity contribution < 1.29 is 9.90 Å². The number of fused-ring (bicyclic) bond motifs is 1. The molecule has 0 bridgehead atoms. The Morgan fingerprint density at radius 2 is 1.87 bits per heavy atom. The highest BCUT2D eigenvalue weighted by Gasteiger charge is 2.12. The molecule has 1 aromatic heterocycles. The Labute approximate surface area is 138 Å². The summed E-state index contributed by atoms with van der Waals surface area (Å²) in [6, 6.07) is 17.3. The van der Waals surface area contributed by atoms with Gasteiger partial charge in [-0.3, -0.25) is 0 Å². The molecule has 2 aromatic carbocycles. The first-order chi connectivity index (χ1) is 11.2. The molecule has 1 atom stereocenters. The maximum absolute atomic E-state index is 11.8. The Morgan fingerprint density at radius 3 is 2.70 bits per heavy atom. The SMILES string of the molecule is O=C(NCc1cccs1)NC[C@H](O)c1cccc2ccccc12. The van der Waals surface area contributed by atoms with E-state index >= 15 is 0 Å². The summed E-state index contributed by atoms with van der Waals surface area (Å²) in [5.41, 5.74) is 0.821. The topological polar surface area (TPSA) is 61.4 Å². The Bertz CT molecular complexity index is 781. The van der Waals surface area contributed by atoms with Crippen LogP contribution in [0.2, 0.25) is 0 Å². The van der Waals surface area contributed by atoms with Crippen LogP contribution >= 0.6 is 11.3 Å². The molecule has 0 saturated carbocycles. The van der Waals surface area contributed by atoms with E-state index < -0.39 is 6.10 Å². The zero-order valence-electron chi connectivity index (χ0n) is 12.5. The molecule has 0 fully saturated rings. The first-order valence-corrected chi connectivity index (χ1v) is 8.32. The highest BCUT2D eigenvalue weighted by molar-refractivity contribution is 7.09. The van der Waals surface area contributed by atoms with Crippen molar-refractivity contribution >= 4 is 28.1 Å². The van der Waals surface area contributed by atoms with Gasteiger partial charge in [0.05, 0.1) is 12.6 Å². The molecule has 23 heavy (non-hydrogen) atoms. The minimum absolute atomic E-state index is 0.171. The van der Waals surface area contributed by atoms with Gasteiger partial charge in [-0.15, -0.1) is 11.3 Å². The van der Waals surface area contributed by atoms with E-state index in [-0.39, 0.29) is 12.6 Å². The highest BCUT2D eigenvalue weighted by Crippen LogP contribution is 2.23. The molecule has 3 N–H and O–H groups in total. The molecule has 0 unspecified atom stereocenters. The molecule has 5 heteroatoms. The molecule has 0 radical (unpaired) electrons. The third-order valence-corrected chi connectivity index (χ3v) is 4.52. The fourth-order valence-electron chi connectivity index (χ4n) is 2.48. The molecular weight excluding hydrogens is 308 g/mol. The molecule has 0 spiro atoms. The van der Waals surface area contributed by atoms with Gasteiger partial charge in [-0.25, -0.2) is 4.79 Å². The maximum Gasteiger partial charge on any atom is 0.315 e. The fraction of sp³-hybridized carbons (Fsp3) is 0.167. The standard InChI is InChI=1S/C18H18N2O2S/c21-17(12-20-18(22)19-11-14-7-4-10-23-14)16-9-3-6-13-5-1-2-8-15(13)16/h1-10,17,21H,11-12H2,(H2,19,20,22)/t17-/m0/s1. The van der Waals surface area contributed by atoms with Crippen molar-refractivity contribution in [2.75, 3.05) is 6.54 Å². The van der Waals surface area contributed by atoms with Gasteiger partial charge >= 0.3 is 6.03 Å². The molecule has 0 aliphatic heterocycles. The van der Waals surface area contributed by atoms with Crippen LogP contribution in [0.15, 0.2) is 60.0 Å². The summed E-state index contributed by atoms with van der Waals surface area (Å²) in [7, 11) is 0.